The largest absolute Gasteiger partial charge is 0.455 e. The van der Waals surface area contributed by atoms with E-state index >= 15 is 0 Å². The Kier molecular flexibility index (Phi) is 5.88. The molecule has 3 aromatic heterocycles. The van der Waals surface area contributed by atoms with Crippen LogP contribution in [-0.2, 0) is 0 Å². The summed E-state index contributed by atoms with van der Waals surface area (Å²) >= 11 is 0. The van der Waals surface area contributed by atoms with Crippen LogP contribution >= 0.6 is 0 Å². The van der Waals surface area contributed by atoms with Crippen LogP contribution in [0.15, 0.2) is 168 Å². The zero-order valence-electron chi connectivity index (χ0n) is 34.1. The van der Waals surface area contributed by atoms with E-state index in [2.05, 4.69) is 180 Å². The van der Waals surface area contributed by atoms with Gasteiger partial charge >= 0.3 is 0 Å². The standard InChI is InChI=1S/C60H31N3O/c61-28-31-26-42-53(55-46(31)48-33-16-4-8-20-37(33)50(55)38-21-9-5-17-34(38)48)57-45(30-14-2-1-3-15-30)52-41-24-12-13-25-44(41)64-60(52)58-54-43(63(42)59(57)58)27-32(29-62)47-49-35-18-6-10-22-39(35)51(56(47)54)40-23-11-7-19-36(40)49/h1-27,48-51H. The summed E-state index contributed by atoms with van der Waals surface area (Å²) in [6.45, 7) is 0. The van der Waals surface area contributed by atoms with Crippen molar-refractivity contribution in [2.45, 2.75) is 23.7 Å². The van der Waals surface area contributed by atoms with Crippen LogP contribution in [0.1, 0.15) is 102 Å². The normalized spacial score (nSPS) is 18.3. The summed E-state index contributed by atoms with van der Waals surface area (Å²) in [6, 6.07) is 64.7. The fourth-order valence-corrected chi connectivity index (χ4v) is 13.7. The average Bonchev–Trinajstić information content (AvgIpc) is 4.03. The van der Waals surface area contributed by atoms with Gasteiger partial charge in [0.15, 0.2) is 0 Å². The second kappa shape index (κ2) is 11.3. The van der Waals surface area contributed by atoms with E-state index in [9.17, 15) is 10.5 Å². The molecule has 4 nitrogen and oxygen atoms in total. The SMILES string of the molecule is N#Cc1cc2c(c3c1C1c4ccccc4C3c3ccccc31)c1c(-c3ccccc3)c3c4ccccc4oc3c3c4c5c(c(C#N)cc4n2c13)C1c2ccccc2C5c2ccccc21. The van der Waals surface area contributed by atoms with Crippen molar-refractivity contribution in [1.82, 2.24) is 4.40 Å². The first-order chi connectivity index (χ1) is 31.7. The maximum absolute atomic E-state index is 11.4. The van der Waals surface area contributed by atoms with Gasteiger partial charge in [0.1, 0.15) is 11.2 Å². The Morgan fingerprint density at radius 1 is 0.406 bits per heavy atom. The van der Waals surface area contributed by atoms with Crippen LogP contribution in [0.4, 0.5) is 0 Å². The summed E-state index contributed by atoms with van der Waals surface area (Å²) in [7, 11) is 0. The number of benzene rings is 9. The Labute approximate surface area is 366 Å². The first-order valence-electron chi connectivity index (χ1n) is 22.2. The molecule has 0 saturated heterocycles. The number of para-hydroxylation sites is 1. The van der Waals surface area contributed by atoms with Crippen molar-refractivity contribution in [2.24, 2.45) is 0 Å². The topological polar surface area (TPSA) is 65.1 Å². The quantitative estimate of drug-likeness (QED) is 0.166. The van der Waals surface area contributed by atoms with Crippen molar-refractivity contribution >= 4 is 60.0 Å². The molecule has 64 heavy (non-hydrogen) atoms. The monoisotopic (exact) mass is 809 g/mol. The molecule has 18 rings (SSSR count). The molecule has 0 fully saturated rings. The minimum atomic E-state index is -0.0836. The number of furan rings is 1. The number of rotatable bonds is 1. The third-order valence-electron chi connectivity index (χ3n) is 15.7. The first-order valence-corrected chi connectivity index (χ1v) is 22.2. The van der Waals surface area contributed by atoms with Gasteiger partial charge in [-0.1, -0.05) is 146 Å². The Morgan fingerprint density at radius 2 is 0.812 bits per heavy atom. The molecule has 6 aliphatic carbocycles. The molecule has 0 saturated carbocycles. The van der Waals surface area contributed by atoms with Gasteiger partial charge in [0.25, 0.3) is 0 Å². The lowest BCUT2D eigenvalue weighted by molar-refractivity contribution is 0.673. The zero-order chi connectivity index (χ0) is 41.7. The number of hydrogen-bond donors (Lipinski definition) is 0. The van der Waals surface area contributed by atoms with Gasteiger partial charge in [0.2, 0.25) is 0 Å². The minimum Gasteiger partial charge on any atom is -0.455 e. The van der Waals surface area contributed by atoms with Gasteiger partial charge in [0, 0.05) is 56.2 Å². The maximum Gasteiger partial charge on any atom is 0.146 e. The van der Waals surface area contributed by atoms with Crippen LogP contribution in [0.5, 0.6) is 0 Å². The van der Waals surface area contributed by atoms with Crippen molar-refractivity contribution in [2.75, 3.05) is 0 Å². The molecule has 0 unspecified atom stereocenters. The number of aromatic nitrogens is 1. The fourth-order valence-electron chi connectivity index (χ4n) is 13.7. The molecule has 0 spiro atoms. The maximum atomic E-state index is 11.4. The molecule has 4 bridgehead atoms. The van der Waals surface area contributed by atoms with E-state index in [1.807, 2.05) is 0 Å². The fraction of sp³-hybridized carbons (Fsp3) is 0.0667. The van der Waals surface area contributed by atoms with Gasteiger partial charge in [-0.05, 0) is 90.5 Å². The van der Waals surface area contributed by atoms with E-state index in [0.717, 1.165) is 71.5 Å². The molecule has 9 aromatic carbocycles. The average molecular weight is 810 g/mol. The Hall–Kier alpha value is -8.44. The molecule has 12 aromatic rings. The second-order valence-corrected chi connectivity index (χ2v) is 18.2. The zero-order valence-corrected chi connectivity index (χ0v) is 34.1. The van der Waals surface area contributed by atoms with Crippen molar-refractivity contribution in [3.05, 3.63) is 242 Å². The van der Waals surface area contributed by atoms with Gasteiger partial charge in [-0.2, -0.15) is 10.5 Å². The molecule has 0 radical (unpaired) electrons. The summed E-state index contributed by atoms with van der Waals surface area (Å²) in [5.41, 5.74) is 23.3. The second-order valence-electron chi connectivity index (χ2n) is 18.2. The number of fused-ring (bicyclic) bond motifs is 10. The highest BCUT2D eigenvalue weighted by atomic mass is 16.3. The van der Waals surface area contributed by atoms with Gasteiger partial charge in [-0.3, -0.25) is 0 Å². The number of nitriles is 2. The summed E-state index contributed by atoms with van der Waals surface area (Å²) in [4.78, 5) is 0. The van der Waals surface area contributed by atoms with Crippen LogP contribution in [0.3, 0.4) is 0 Å². The Morgan fingerprint density at radius 3 is 1.28 bits per heavy atom. The molecular formula is C60H31N3O. The highest BCUT2D eigenvalue weighted by molar-refractivity contribution is 6.39. The van der Waals surface area contributed by atoms with Crippen LogP contribution in [0.2, 0.25) is 0 Å². The van der Waals surface area contributed by atoms with Crippen LogP contribution in [0.25, 0.3) is 71.2 Å². The van der Waals surface area contributed by atoms with Gasteiger partial charge in [0.05, 0.1) is 45.2 Å². The molecule has 0 amide bonds. The van der Waals surface area contributed by atoms with Crippen LogP contribution in [0, 0.1) is 22.7 Å². The predicted octanol–water partition coefficient (Wildman–Crippen LogP) is 14.1. The van der Waals surface area contributed by atoms with Crippen molar-refractivity contribution < 1.29 is 4.42 Å². The molecule has 6 aliphatic rings. The lowest BCUT2D eigenvalue weighted by atomic mass is 9.59. The van der Waals surface area contributed by atoms with Gasteiger partial charge < -0.3 is 8.82 Å². The molecule has 0 atom stereocenters. The minimum absolute atomic E-state index is 0.0769. The highest BCUT2D eigenvalue weighted by Gasteiger charge is 2.47. The summed E-state index contributed by atoms with van der Waals surface area (Å²) in [5, 5.41) is 29.5. The third-order valence-corrected chi connectivity index (χ3v) is 15.7. The third kappa shape index (κ3) is 3.61. The molecule has 3 heterocycles. The Bertz CT molecular complexity index is 4150. The van der Waals surface area contributed by atoms with Gasteiger partial charge in [-0.15, -0.1) is 0 Å². The van der Waals surface area contributed by atoms with Crippen molar-refractivity contribution in [3.8, 4) is 23.3 Å². The van der Waals surface area contributed by atoms with Crippen molar-refractivity contribution in [3.63, 3.8) is 0 Å². The van der Waals surface area contributed by atoms with E-state index in [-0.39, 0.29) is 23.7 Å². The van der Waals surface area contributed by atoms with E-state index < -0.39 is 0 Å². The smallest absolute Gasteiger partial charge is 0.146 e. The molecule has 0 N–H and O–H groups in total. The molecule has 0 aliphatic heterocycles. The van der Waals surface area contributed by atoms with E-state index in [1.54, 1.807) is 0 Å². The number of hydrogen-bond acceptors (Lipinski definition) is 3. The summed E-state index contributed by atoms with van der Waals surface area (Å²) in [6.07, 6.45) is 0. The number of nitrogens with zero attached hydrogens (tertiary/aromatic N) is 3. The van der Waals surface area contributed by atoms with E-state index in [0.29, 0.717) is 11.1 Å². The highest BCUT2D eigenvalue weighted by Crippen LogP contribution is 2.64. The van der Waals surface area contributed by atoms with Crippen LogP contribution in [-0.4, -0.2) is 4.40 Å². The summed E-state index contributed by atoms with van der Waals surface area (Å²) < 4.78 is 9.69. The van der Waals surface area contributed by atoms with Crippen LogP contribution < -0.4 is 0 Å². The molecular weight excluding hydrogens is 779 g/mol. The molecule has 4 heteroatoms. The van der Waals surface area contributed by atoms with E-state index in [1.165, 1.54) is 66.4 Å². The first kappa shape index (κ1) is 33.2. The lowest BCUT2D eigenvalue weighted by Gasteiger charge is -2.43. The van der Waals surface area contributed by atoms with E-state index in [4.69, 9.17) is 4.42 Å². The predicted molar refractivity (Wildman–Crippen MR) is 253 cm³/mol. The lowest BCUT2D eigenvalue weighted by Crippen LogP contribution is -2.28. The molecule has 292 valence electrons. The Balaban J connectivity index is 1.20. The summed E-state index contributed by atoms with van der Waals surface area (Å²) in [5.74, 6) is -0.319. The van der Waals surface area contributed by atoms with Crippen molar-refractivity contribution in [1.29, 1.82) is 10.5 Å². The van der Waals surface area contributed by atoms with Gasteiger partial charge in [-0.25, -0.2) is 0 Å².